The van der Waals surface area contributed by atoms with Gasteiger partial charge >= 0.3 is 0 Å². The zero-order valence-electron chi connectivity index (χ0n) is 24.6. The van der Waals surface area contributed by atoms with Gasteiger partial charge in [0.2, 0.25) is 0 Å². The fraction of sp³-hybridized carbons (Fsp3) is 1.00. The Morgan fingerprint density at radius 2 is 0.485 bits per heavy atom. The van der Waals surface area contributed by atoms with E-state index in [1.807, 2.05) is 0 Å². The minimum Gasteiger partial charge on any atom is -0.328 e. The van der Waals surface area contributed by atoms with Crippen molar-refractivity contribution in [2.24, 2.45) is 0 Å². The topological polar surface area (TPSA) is 0 Å². The van der Waals surface area contributed by atoms with Crippen LogP contribution in [-0.2, 0) is 0 Å². The summed E-state index contributed by atoms with van der Waals surface area (Å²) in [6, 6.07) is 0. The molecule has 0 bridgehead atoms. The largest absolute Gasteiger partial charge is 0.328 e. The summed E-state index contributed by atoms with van der Waals surface area (Å²) in [5, 5.41) is 0. The molecule has 0 rings (SSSR count). The third kappa shape index (κ3) is 24.8. The third-order valence-corrected chi connectivity index (χ3v) is 7.76. The van der Waals surface area contributed by atoms with Crippen molar-refractivity contribution in [2.45, 2.75) is 149 Å². The molecule has 33 heavy (non-hydrogen) atoms. The van der Waals surface area contributed by atoms with Gasteiger partial charge in [0.25, 0.3) is 0 Å². The molecule has 0 amide bonds. The predicted molar refractivity (Wildman–Crippen MR) is 152 cm³/mol. The highest BCUT2D eigenvalue weighted by Gasteiger charge is 2.19. The van der Waals surface area contributed by atoms with Crippen LogP contribution in [0, 0.1) is 0 Å². The summed E-state index contributed by atoms with van der Waals surface area (Å²) >= 11 is 0. The van der Waals surface area contributed by atoms with Crippen LogP contribution < -0.4 is 0 Å². The Morgan fingerprint density at radius 1 is 0.273 bits per heavy atom. The average molecular weight is 469 g/mol. The van der Waals surface area contributed by atoms with Gasteiger partial charge in [-0.05, 0) is 25.7 Å². The average Bonchev–Trinajstić information content (AvgIpc) is 2.76. The smallest absolute Gasteiger partial charge is 0.0836 e. The maximum absolute atomic E-state index is 2.45. The van der Waals surface area contributed by atoms with Gasteiger partial charge in [0, 0.05) is 6.42 Å². The normalized spacial score (nSPS) is 12.5. The van der Waals surface area contributed by atoms with Crippen LogP contribution in [0.4, 0.5) is 0 Å². The van der Waals surface area contributed by atoms with Gasteiger partial charge in [0.15, 0.2) is 0 Å². The van der Waals surface area contributed by atoms with E-state index in [0.717, 1.165) is 0 Å². The highest BCUT2D eigenvalue weighted by atomic mass is 15.3. The lowest BCUT2D eigenvalue weighted by Gasteiger charge is -2.33. The zero-order valence-corrected chi connectivity index (χ0v) is 24.6. The second-order valence-electron chi connectivity index (χ2n) is 12.5. The lowest BCUT2D eigenvalue weighted by molar-refractivity contribution is -0.909. The molecule has 200 valence electrons. The first kappa shape index (κ1) is 32.9. The van der Waals surface area contributed by atoms with Gasteiger partial charge in [-0.3, -0.25) is 0 Å². The first-order valence-corrected chi connectivity index (χ1v) is 15.5. The number of nitrogens with zero attached hydrogens (tertiary/aromatic N) is 2. The summed E-state index contributed by atoms with van der Waals surface area (Å²) < 4.78 is 2.43. The Morgan fingerprint density at radius 3 is 0.758 bits per heavy atom. The quantitative estimate of drug-likeness (QED) is 0.0875. The molecule has 0 N–H and O–H groups in total. The van der Waals surface area contributed by atoms with Gasteiger partial charge in [-0.1, -0.05) is 117 Å². The lowest BCUT2D eigenvalue weighted by Crippen LogP contribution is -2.46. The van der Waals surface area contributed by atoms with Crippen LogP contribution in [-0.4, -0.2) is 63.3 Å². The Balaban J connectivity index is 3.54. The zero-order chi connectivity index (χ0) is 24.7. The van der Waals surface area contributed by atoms with Crippen molar-refractivity contribution in [2.75, 3.05) is 54.4 Å². The van der Waals surface area contributed by atoms with E-state index in [2.05, 4.69) is 42.0 Å². The molecule has 0 spiro atoms. The van der Waals surface area contributed by atoms with Gasteiger partial charge in [-0.2, -0.15) is 0 Å². The van der Waals surface area contributed by atoms with Crippen molar-refractivity contribution in [1.82, 2.24) is 0 Å². The molecule has 0 radical (unpaired) electrons. The lowest BCUT2D eigenvalue weighted by atomic mass is 10.0. The van der Waals surface area contributed by atoms with Crippen LogP contribution in [0.5, 0.6) is 0 Å². The molecule has 0 heterocycles. The van der Waals surface area contributed by atoms with E-state index < -0.39 is 0 Å². The molecule has 0 aliphatic rings. The standard InChI is InChI=1S/C31H68N2/c1-7-9-11-13-15-16-17-18-19-20-21-22-24-26-29-33(5,6)31-27-30-32(3,4)28-25-23-14-12-10-8-2/h7-31H2,1-6H3/q+2. The SMILES string of the molecule is CCCCCCCCCCCCCCCC[N+](C)(C)CCC[N+](C)(C)CCCCCCCC. The van der Waals surface area contributed by atoms with E-state index in [9.17, 15) is 0 Å². The summed E-state index contributed by atoms with van der Waals surface area (Å²) in [5.41, 5.74) is 0. The minimum absolute atomic E-state index is 1.21. The minimum atomic E-state index is 1.21. The van der Waals surface area contributed by atoms with E-state index in [1.165, 1.54) is 170 Å². The summed E-state index contributed by atoms with van der Waals surface area (Å²) in [6.07, 6.45) is 30.3. The number of unbranched alkanes of at least 4 members (excludes halogenated alkanes) is 18. The van der Waals surface area contributed by atoms with Crippen molar-refractivity contribution in [3.8, 4) is 0 Å². The molecule has 0 unspecified atom stereocenters. The Labute approximate surface area is 212 Å². The van der Waals surface area contributed by atoms with Crippen molar-refractivity contribution >= 4 is 0 Å². The first-order chi connectivity index (χ1) is 15.8. The van der Waals surface area contributed by atoms with Crippen molar-refractivity contribution in [3.05, 3.63) is 0 Å². The molecule has 0 aromatic rings. The number of hydrogen-bond donors (Lipinski definition) is 0. The van der Waals surface area contributed by atoms with Crippen LogP contribution in [0.15, 0.2) is 0 Å². The van der Waals surface area contributed by atoms with E-state index in [-0.39, 0.29) is 0 Å². The van der Waals surface area contributed by atoms with Crippen molar-refractivity contribution < 1.29 is 8.97 Å². The Bertz CT molecular complexity index is 388. The van der Waals surface area contributed by atoms with Crippen LogP contribution >= 0.6 is 0 Å². The maximum atomic E-state index is 2.45. The highest BCUT2D eigenvalue weighted by molar-refractivity contribution is 4.50. The molecule has 2 heteroatoms. The number of rotatable bonds is 26. The Hall–Kier alpha value is -0.0800. The molecule has 0 fully saturated rings. The first-order valence-electron chi connectivity index (χ1n) is 15.5. The van der Waals surface area contributed by atoms with Crippen LogP contribution in [0.2, 0.25) is 0 Å². The van der Waals surface area contributed by atoms with E-state index in [1.54, 1.807) is 0 Å². The molecule has 0 aliphatic heterocycles. The van der Waals surface area contributed by atoms with Gasteiger partial charge in [-0.25, -0.2) is 0 Å². The molecule has 0 aliphatic carbocycles. The fourth-order valence-corrected chi connectivity index (χ4v) is 5.20. The monoisotopic (exact) mass is 469 g/mol. The number of hydrogen-bond acceptors (Lipinski definition) is 0. The maximum Gasteiger partial charge on any atom is 0.0836 e. The predicted octanol–water partition coefficient (Wildman–Crippen LogP) is 9.37. The molecular weight excluding hydrogens is 400 g/mol. The number of quaternary nitrogens is 2. The molecule has 0 saturated heterocycles. The van der Waals surface area contributed by atoms with E-state index in [0.29, 0.717) is 0 Å². The molecule has 2 nitrogen and oxygen atoms in total. The van der Waals surface area contributed by atoms with E-state index >= 15 is 0 Å². The van der Waals surface area contributed by atoms with Crippen LogP contribution in [0.3, 0.4) is 0 Å². The molecule has 0 aromatic heterocycles. The van der Waals surface area contributed by atoms with Gasteiger partial charge in [0.1, 0.15) is 0 Å². The molecule has 0 saturated carbocycles. The van der Waals surface area contributed by atoms with Gasteiger partial charge < -0.3 is 8.97 Å². The van der Waals surface area contributed by atoms with Crippen LogP contribution in [0.1, 0.15) is 149 Å². The summed E-state index contributed by atoms with van der Waals surface area (Å²) in [5.74, 6) is 0. The molecule has 0 atom stereocenters. The molecule has 0 aromatic carbocycles. The Kier molecular flexibility index (Phi) is 22.3. The van der Waals surface area contributed by atoms with Gasteiger partial charge in [-0.15, -0.1) is 0 Å². The van der Waals surface area contributed by atoms with Crippen LogP contribution in [0.25, 0.3) is 0 Å². The van der Waals surface area contributed by atoms with Crippen molar-refractivity contribution in [1.29, 1.82) is 0 Å². The fourth-order valence-electron chi connectivity index (χ4n) is 5.20. The summed E-state index contributed by atoms with van der Waals surface area (Å²) in [4.78, 5) is 0. The van der Waals surface area contributed by atoms with E-state index in [4.69, 9.17) is 0 Å². The molecular formula is C31H68N2+2. The summed E-state index contributed by atoms with van der Waals surface area (Å²) in [6.45, 7) is 10.0. The van der Waals surface area contributed by atoms with Crippen molar-refractivity contribution in [3.63, 3.8) is 0 Å². The second kappa shape index (κ2) is 22.4. The summed E-state index contributed by atoms with van der Waals surface area (Å²) in [7, 11) is 9.80. The third-order valence-electron chi connectivity index (χ3n) is 7.76. The highest BCUT2D eigenvalue weighted by Crippen LogP contribution is 2.14. The second-order valence-corrected chi connectivity index (χ2v) is 12.5. The van der Waals surface area contributed by atoms with Gasteiger partial charge in [0.05, 0.1) is 54.4 Å².